The zero-order valence-corrected chi connectivity index (χ0v) is 17.5. The molecule has 148 valence electrons. The lowest BCUT2D eigenvalue weighted by Crippen LogP contribution is -2.39. The molecule has 0 saturated carbocycles. The highest BCUT2D eigenvalue weighted by molar-refractivity contribution is 7.88. The van der Waals surface area contributed by atoms with Gasteiger partial charge in [0.25, 0.3) is 0 Å². The molecular weight excluding hydrogens is 348 g/mol. The summed E-state index contributed by atoms with van der Waals surface area (Å²) in [7, 11) is -3.13. The van der Waals surface area contributed by atoms with Gasteiger partial charge in [-0.1, -0.05) is 38.1 Å². The molecule has 0 heterocycles. The second-order valence-corrected chi connectivity index (χ2v) is 8.82. The van der Waals surface area contributed by atoms with Gasteiger partial charge in [-0.05, 0) is 43.7 Å². The van der Waals surface area contributed by atoms with Crippen LogP contribution in [0.5, 0.6) is 0 Å². The quantitative estimate of drug-likeness (QED) is 0.330. The van der Waals surface area contributed by atoms with E-state index in [1.807, 2.05) is 6.92 Å². The zero-order chi connectivity index (χ0) is 19.6. The monoisotopic (exact) mass is 382 g/mol. The van der Waals surface area contributed by atoms with Gasteiger partial charge in [0, 0.05) is 19.6 Å². The van der Waals surface area contributed by atoms with E-state index in [9.17, 15) is 8.42 Å². The lowest BCUT2D eigenvalue weighted by Gasteiger charge is -2.18. The number of aliphatic imine (C=N–C) groups is 1. The third-order valence-corrected chi connectivity index (χ3v) is 4.52. The Morgan fingerprint density at radius 3 is 2.35 bits per heavy atom. The lowest BCUT2D eigenvalue weighted by molar-refractivity contribution is 0.585. The van der Waals surface area contributed by atoms with Gasteiger partial charge in [0.15, 0.2) is 5.96 Å². The number of nitrogens with zero attached hydrogens (tertiary/aromatic N) is 1. The van der Waals surface area contributed by atoms with E-state index in [2.05, 4.69) is 65.4 Å². The molecule has 0 aliphatic heterocycles. The van der Waals surface area contributed by atoms with Crippen molar-refractivity contribution in [2.75, 3.05) is 25.9 Å². The van der Waals surface area contributed by atoms with Gasteiger partial charge >= 0.3 is 0 Å². The SMILES string of the molecule is CCNC(=NCCCNS(C)(=O)=O)NC(C)c1ccc(CC(C)C)cc1. The first-order chi connectivity index (χ1) is 12.2. The van der Waals surface area contributed by atoms with Crippen LogP contribution in [-0.4, -0.2) is 40.3 Å². The van der Waals surface area contributed by atoms with E-state index in [1.165, 1.54) is 11.1 Å². The molecule has 0 aliphatic carbocycles. The van der Waals surface area contributed by atoms with E-state index in [-0.39, 0.29) is 6.04 Å². The predicted molar refractivity (Wildman–Crippen MR) is 110 cm³/mol. The third-order valence-electron chi connectivity index (χ3n) is 3.79. The van der Waals surface area contributed by atoms with Crippen molar-refractivity contribution in [1.29, 1.82) is 0 Å². The van der Waals surface area contributed by atoms with Crippen LogP contribution in [0.4, 0.5) is 0 Å². The lowest BCUT2D eigenvalue weighted by atomic mass is 10.00. The summed E-state index contributed by atoms with van der Waals surface area (Å²) in [6.07, 6.45) is 2.91. The van der Waals surface area contributed by atoms with E-state index >= 15 is 0 Å². The van der Waals surface area contributed by atoms with Gasteiger partial charge in [0.1, 0.15) is 0 Å². The summed E-state index contributed by atoms with van der Waals surface area (Å²) in [5, 5.41) is 6.63. The van der Waals surface area contributed by atoms with Crippen LogP contribution >= 0.6 is 0 Å². The number of benzene rings is 1. The van der Waals surface area contributed by atoms with Gasteiger partial charge in [-0.15, -0.1) is 0 Å². The second kappa shape index (κ2) is 11.2. The predicted octanol–water partition coefficient (Wildman–Crippen LogP) is 2.44. The van der Waals surface area contributed by atoms with Gasteiger partial charge in [-0.3, -0.25) is 4.99 Å². The molecule has 0 bridgehead atoms. The Balaban J connectivity index is 2.57. The fourth-order valence-electron chi connectivity index (χ4n) is 2.55. The molecule has 3 N–H and O–H groups in total. The van der Waals surface area contributed by atoms with Gasteiger partial charge in [0.2, 0.25) is 10.0 Å². The molecule has 26 heavy (non-hydrogen) atoms. The fraction of sp³-hybridized carbons (Fsp3) is 0.632. The van der Waals surface area contributed by atoms with Crippen LogP contribution in [-0.2, 0) is 16.4 Å². The maximum absolute atomic E-state index is 11.0. The van der Waals surface area contributed by atoms with Crippen LogP contribution < -0.4 is 15.4 Å². The fourth-order valence-corrected chi connectivity index (χ4v) is 3.06. The molecule has 1 aromatic rings. The number of rotatable bonds is 10. The number of guanidine groups is 1. The average Bonchev–Trinajstić information content (AvgIpc) is 2.53. The van der Waals surface area contributed by atoms with Crippen LogP contribution in [0.25, 0.3) is 0 Å². The van der Waals surface area contributed by atoms with E-state index in [0.29, 0.717) is 25.4 Å². The van der Waals surface area contributed by atoms with E-state index < -0.39 is 10.0 Å². The van der Waals surface area contributed by atoms with Crippen LogP contribution in [0.1, 0.15) is 51.3 Å². The molecule has 0 aromatic heterocycles. The molecule has 0 amide bonds. The highest BCUT2D eigenvalue weighted by Crippen LogP contribution is 2.15. The Bertz CT molecular complexity index is 655. The van der Waals surface area contributed by atoms with Gasteiger partial charge in [-0.25, -0.2) is 13.1 Å². The molecule has 1 aromatic carbocycles. The molecule has 0 saturated heterocycles. The highest BCUT2D eigenvalue weighted by Gasteiger charge is 2.08. The minimum absolute atomic E-state index is 0.134. The summed E-state index contributed by atoms with van der Waals surface area (Å²) in [6, 6.07) is 8.84. The summed E-state index contributed by atoms with van der Waals surface area (Å²) in [5.41, 5.74) is 2.57. The maximum Gasteiger partial charge on any atom is 0.208 e. The van der Waals surface area contributed by atoms with Crippen LogP contribution in [0.2, 0.25) is 0 Å². The Morgan fingerprint density at radius 1 is 1.15 bits per heavy atom. The maximum atomic E-state index is 11.0. The molecule has 6 nitrogen and oxygen atoms in total. The molecule has 0 aliphatic rings. The average molecular weight is 383 g/mol. The molecule has 1 unspecified atom stereocenters. The number of hydrogen-bond donors (Lipinski definition) is 3. The van der Waals surface area contributed by atoms with Gasteiger partial charge in [-0.2, -0.15) is 0 Å². The second-order valence-electron chi connectivity index (χ2n) is 6.99. The Hall–Kier alpha value is -1.60. The summed E-state index contributed by atoms with van der Waals surface area (Å²) in [5.74, 6) is 1.40. The van der Waals surface area contributed by atoms with E-state index in [0.717, 1.165) is 25.2 Å². The molecule has 0 spiro atoms. The standard InChI is InChI=1S/C19H34N4O2S/c1-6-20-19(21-12-7-13-22-26(5,24)25)23-16(4)18-10-8-17(9-11-18)14-15(2)3/h8-11,15-16,22H,6-7,12-14H2,1-5H3,(H2,20,21,23). The van der Waals surface area contributed by atoms with Gasteiger partial charge in [0.05, 0.1) is 12.3 Å². The summed E-state index contributed by atoms with van der Waals surface area (Å²) < 4.78 is 24.6. The Kier molecular flexibility index (Phi) is 9.65. The Morgan fingerprint density at radius 2 is 1.81 bits per heavy atom. The first-order valence-corrected chi connectivity index (χ1v) is 11.2. The highest BCUT2D eigenvalue weighted by atomic mass is 32.2. The Labute approximate surface area is 158 Å². The van der Waals surface area contributed by atoms with Crippen molar-refractivity contribution in [3.63, 3.8) is 0 Å². The third kappa shape index (κ3) is 9.77. The molecule has 1 atom stereocenters. The molecule has 7 heteroatoms. The van der Waals surface area contributed by atoms with Crippen LogP contribution in [0.3, 0.4) is 0 Å². The van der Waals surface area contributed by atoms with Crippen molar-refractivity contribution < 1.29 is 8.42 Å². The normalized spacial score (nSPS) is 13.7. The van der Waals surface area contributed by atoms with Gasteiger partial charge < -0.3 is 10.6 Å². The van der Waals surface area contributed by atoms with Crippen molar-refractivity contribution >= 4 is 16.0 Å². The summed E-state index contributed by atoms with van der Waals surface area (Å²) in [4.78, 5) is 4.52. The van der Waals surface area contributed by atoms with Crippen molar-refractivity contribution in [3.8, 4) is 0 Å². The topological polar surface area (TPSA) is 82.6 Å². The van der Waals surface area contributed by atoms with Crippen LogP contribution in [0, 0.1) is 5.92 Å². The summed E-state index contributed by atoms with van der Waals surface area (Å²) in [6.45, 7) is 10.3. The zero-order valence-electron chi connectivity index (χ0n) is 16.7. The first kappa shape index (κ1) is 22.4. The minimum Gasteiger partial charge on any atom is -0.357 e. The minimum atomic E-state index is -3.13. The molecular formula is C19H34N4O2S. The first-order valence-electron chi connectivity index (χ1n) is 9.29. The largest absolute Gasteiger partial charge is 0.357 e. The van der Waals surface area contributed by atoms with Crippen molar-refractivity contribution in [3.05, 3.63) is 35.4 Å². The van der Waals surface area contributed by atoms with Crippen molar-refractivity contribution in [1.82, 2.24) is 15.4 Å². The smallest absolute Gasteiger partial charge is 0.208 e. The molecule has 0 radical (unpaired) electrons. The molecule has 0 fully saturated rings. The van der Waals surface area contributed by atoms with Crippen LogP contribution in [0.15, 0.2) is 29.3 Å². The van der Waals surface area contributed by atoms with E-state index in [4.69, 9.17) is 0 Å². The van der Waals surface area contributed by atoms with Crippen molar-refractivity contribution in [2.45, 2.75) is 46.6 Å². The molecule has 1 rings (SSSR count). The van der Waals surface area contributed by atoms with Crippen molar-refractivity contribution in [2.24, 2.45) is 10.9 Å². The number of hydrogen-bond acceptors (Lipinski definition) is 3. The summed E-state index contributed by atoms with van der Waals surface area (Å²) >= 11 is 0. The number of nitrogens with one attached hydrogen (secondary N) is 3. The van der Waals surface area contributed by atoms with E-state index in [1.54, 1.807) is 0 Å². The number of sulfonamides is 1.